The summed E-state index contributed by atoms with van der Waals surface area (Å²) in [5.74, 6) is 0.405. The molecule has 5 nitrogen and oxygen atoms in total. The quantitative estimate of drug-likeness (QED) is 0.571. The number of carbonyl (C=O) groups is 1. The van der Waals surface area contributed by atoms with Crippen molar-refractivity contribution in [3.05, 3.63) is 48.0 Å². The highest BCUT2D eigenvalue weighted by Crippen LogP contribution is 2.22. The van der Waals surface area contributed by atoms with Crippen molar-refractivity contribution in [1.82, 2.24) is 9.97 Å². The van der Waals surface area contributed by atoms with Crippen LogP contribution in [0.2, 0.25) is 0 Å². The molecule has 0 fully saturated rings. The number of nitrogens with zero attached hydrogens (tertiary/aromatic N) is 1. The summed E-state index contributed by atoms with van der Waals surface area (Å²) < 4.78 is 4.99. The normalized spacial score (nSPS) is 10.7. The fourth-order valence-corrected chi connectivity index (χ4v) is 2.12. The zero-order chi connectivity index (χ0) is 14.8. The molecule has 0 amide bonds. The number of aromatic nitrogens is 2. The summed E-state index contributed by atoms with van der Waals surface area (Å²) in [4.78, 5) is 19.5. The Balaban J connectivity index is 2.00. The number of nitrogens with two attached hydrogens (primary N) is 1. The number of nitrogens with one attached hydrogen (secondary N) is 1. The molecule has 1 heterocycles. The van der Waals surface area contributed by atoms with E-state index in [0.717, 1.165) is 22.4 Å². The standard InChI is InChI=1S/C16H15N3O2/c1-2-21-16(20)11-5-8-13-14(9-11)19-15(18-13)10-3-6-12(17)7-4-10/h3-9H,2,17H2,1H3,(H,18,19). The van der Waals surface area contributed by atoms with Gasteiger partial charge < -0.3 is 15.5 Å². The van der Waals surface area contributed by atoms with Crippen LogP contribution in [0.3, 0.4) is 0 Å². The van der Waals surface area contributed by atoms with Gasteiger partial charge in [-0.1, -0.05) is 0 Å². The van der Waals surface area contributed by atoms with Gasteiger partial charge in [0.05, 0.1) is 23.2 Å². The SMILES string of the molecule is CCOC(=O)c1ccc2[nH]c(-c3ccc(N)cc3)nc2c1. The zero-order valence-electron chi connectivity index (χ0n) is 11.6. The lowest BCUT2D eigenvalue weighted by molar-refractivity contribution is 0.0526. The maximum atomic E-state index is 11.7. The van der Waals surface area contributed by atoms with Gasteiger partial charge in [0.2, 0.25) is 0 Å². The molecule has 0 aliphatic rings. The Kier molecular flexibility index (Phi) is 3.31. The van der Waals surface area contributed by atoms with E-state index in [9.17, 15) is 4.79 Å². The van der Waals surface area contributed by atoms with Gasteiger partial charge in [-0.3, -0.25) is 0 Å². The number of hydrogen-bond donors (Lipinski definition) is 2. The van der Waals surface area contributed by atoms with Crippen molar-refractivity contribution in [3.63, 3.8) is 0 Å². The minimum atomic E-state index is -0.337. The number of carbonyl (C=O) groups excluding carboxylic acids is 1. The van der Waals surface area contributed by atoms with Gasteiger partial charge in [-0.05, 0) is 49.4 Å². The maximum absolute atomic E-state index is 11.7. The Morgan fingerprint density at radius 1 is 1.24 bits per heavy atom. The van der Waals surface area contributed by atoms with Crippen LogP contribution in [0, 0.1) is 0 Å². The van der Waals surface area contributed by atoms with Crippen molar-refractivity contribution in [2.24, 2.45) is 0 Å². The molecule has 0 radical (unpaired) electrons. The first-order valence-corrected chi connectivity index (χ1v) is 6.70. The van der Waals surface area contributed by atoms with E-state index < -0.39 is 0 Å². The van der Waals surface area contributed by atoms with Crippen LogP contribution >= 0.6 is 0 Å². The van der Waals surface area contributed by atoms with Crippen LogP contribution in [0.5, 0.6) is 0 Å². The summed E-state index contributed by atoms with van der Waals surface area (Å²) in [5.41, 5.74) is 9.43. The van der Waals surface area contributed by atoms with Crippen LogP contribution in [0.25, 0.3) is 22.4 Å². The molecule has 3 N–H and O–H groups in total. The predicted octanol–water partition coefficient (Wildman–Crippen LogP) is 2.99. The van der Waals surface area contributed by atoms with Gasteiger partial charge in [0, 0.05) is 11.3 Å². The maximum Gasteiger partial charge on any atom is 0.338 e. The Labute approximate surface area is 121 Å². The third kappa shape index (κ3) is 2.58. The van der Waals surface area contributed by atoms with E-state index in [1.54, 1.807) is 19.1 Å². The number of fused-ring (bicyclic) bond motifs is 1. The van der Waals surface area contributed by atoms with E-state index in [1.165, 1.54) is 0 Å². The summed E-state index contributed by atoms with van der Waals surface area (Å²) in [6, 6.07) is 12.7. The second-order valence-corrected chi connectivity index (χ2v) is 4.66. The van der Waals surface area contributed by atoms with Crippen LogP contribution in [0.1, 0.15) is 17.3 Å². The van der Waals surface area contributed by atoms with Gasteiger partial charge in [-0.15, -0.1) is 0 Å². The molecule has 3 rings (SSSR count). The lowest BCUT2D eigenvalue weighted by Gasteiger charge is -2.00. The largest absolute Gasteiger partial charge is 0.462 e. The van der Waals surface area contributed by atoms with Crippen molar-refractivity contribution in [1.29, 1.82) is 0 Å². The van der Waals surface area contributed by atoms with Crippen molar-refractivity contribution >= 4 is 22.7 Å². The fraction of sp³-hybridized carbons (Fsp3) is 0.125. The molecule has 0 atom stereocenters. The highest BCUT2D eigenvalue weighted by molar-refractivity contribution is 5.94. The highest BCUT2D eigenvalue weighted by atomic mass is 16.5. The number of ether oxygens (including phenoxy) is 1. The van der Waals surface area contributed by atoms with Crippen LogP contribution in [0.4, 0.5) is 5.69 Å². The third-order valence-corrected chi connectivity index (χ3v) is 3.18. The van der Waals surface area contributed by atoms with Gasteiger partial charge in [-0.2, -0.15) is 0 Å². The molecule has 0 saturated heterocycles. The lowest BCUT2D eigenvalue weighted by atomic mass is 10.2. The minimum absolute atomic E-state index is 0.337. The number of esters is 1. The molecule has 5 heteroatoms. The van der Waals surface area contributed by atoms with Gasteiger partial charge in [-0.25, -0.2) is 9.78 Å². The average Bonchev–Trinajstić information content (AvgIpc) is 2.91. The zero-order valence-corrected chi connectivity index (χ0v) is 11.6. The predicted molar refractivity (Wildman–Crippen MR) is 81.9 cm³/mol. The fourth-order valence-electron chi connectivity index (χ4n) is 2.12. The van der Waals surface area contributed by atoms with E-state index in [1.807, 2.05) is 30.3 Å². The Morgan fingerprint density at radius 2 is 2.00 bits per heavy atom. The van der Waals surface area contributed by atoms with E-state index in [0.29, 0.717) is 17.9 Å². The molecule has 2 aromatic carbocycles. The lowest BCUT2D eigenvalue weighted by Crippen LogP contribution is -2.04. The van der Waals surface area contributed by atoms with Crippen LogP contribution < -0.4 is 5.73 Å². The van der Waals surface area contributed by atoms with E-state index in [-0.39, 0.29) is 5.97 Å². The van der Waals surface area contributed by atoms with E-state index >= 15 is 0 Å². The molecule has 0 aliphatic carbocycles. The van der Waals surface area contributed by atoms with Gasteiger partial charge >= 0.3 is 5.97 Å². The van der Waals surface area contributed by atoms with Crippen molar-refractivity contribution in [2.75, 3.05) is 12.3 Å². The van der Waals surface area contributed by atoms with Gasteiger partial charge in [0.25, 0.3) is 0 Å². The smallest absolute Gasteiger partial charge is 0.338 e. The number of H-pyrrole nitrogens is 1. The number of hydrogen-bond acceptors (Lipinski definition) is 4. The molecule has 3 aromatic rings. The second-order valence-electron chi connectivity index (χ2n) is 4.66. The summed E-state index contributed by atoms with van der Waals surface area (Å²) in [6.45, 7) is 2.14. The molecule has 106 valence electrons. The van der Waals surface area contributed by atoms with Crippen molar-refractivity contribution in [2.45, 2.75) is 6.92 Å². The molecule has 0 unspecified atom stereocenters. The minimum Gasteiger partial charge on any atom is -0.462 e. The Hall–Kier alpha value is -2.82. The summed E-state index contributed by atoms with van der Waals surface area (Å²) in [7, 11) is 0. The molecule has 0 spiro atoms. The number of aromatic amines is 1. The number of anilines is 1. The number of imidazole rings is 1. The molecular weight excluding hydrogens is 266 g/mol. The topological polar surface area (TPSA) is 81.0 Å². The Bertz CT molecular complexity index is 791. The van der Waals surface area contributed by atoms with Crippen LogP contribution in [-0.2, 0) is 4.74 Å². The molecule has 0 aliphatic heterocycles. The first-order chi connectivity index (χ1) is 10.2. The summed E-state index contributed by atoms with van der Waals surface area (Å²) in [5, 5.41) is 0. The van der Waals surface area contributed by atoms with Gasteiger partial charge in [0.15, 0.2) is 0 Å². The molecule has 21 heavy (non-hydrogen) atoms. The van der Waals surface area contributed by atoms with Gasteiger partial charge in [0.1, 0.15) is 5.82 Å². The number of benzene rings is 2. The second kappa shape index (κ2) is 5.28. The van der Waals surface area contributed by atoms with Crippen molar-refractivity contribution in [3.8, 4) is 11.4 Å². The molecule has 0 saturated carbocycles. The molecule has 0 bridgehead atoms. The Morgan fingerprint density at radius 3 is 2.71 bits per heavy atom. The van der Waals surface area contributed by atoms with Crippen LogP contribution in [0.15, 0.2) is 42.5 Å². The van der Waals surface area contributed by atoms with Crippen LogP contribution in [-0.4, -0.2) is 22.5 Å². The highest BCUT2D eigenvalue weighted by Gasteiger charge is 2.10. The third-order valence-electron chi connectivity index (χ3n) is 3.18. The van der Waals surface area contributed by atoms with E-state index in [4.69, 9.17) is 10.5 Å². The molecule has 1 aromatic heterocycles. The first-order valence-electron chi connectivity index (χ1n) is 6.70. The van der Waals surface area contributed by atoms with Crippen molar-refractivity contribution < 1.29 is 9.53 Å². The monoisotopic (exact) mass is 281 g/mol. The van der Waals surface area contributed by atoms with E-state index in [2.05, 4.69) is 9.97 Å². The summed E-state index contributed by atoms with van der Waals surface area (Å²) in [6.07, 6.45) is 0. The summed E-state index contributed by atoms with van der Waals surface area (Å²) >= 11 is 0. The average molecular weight is 281 g/mol. The number of nitrogen functional groups attached to an aromatic ring is 1. The number of rotatable bonds is 3. The first kappa shape index (κ1) is 13.2. The molecular formula is C16H15N3O2.